The van der Waals surface area contributed by atoms with E-state index in [4.69, 9.17) is 21.1 Å². The van der Waals surface area contributed by atoms with Gasteiger partial charge in [0.25, 0.3) is 5.91 Å². The van der Waals surface area contributed by atoms with Crippen LogP contribution in [0.2, 0.25) is 5.02 Å². The number of aryl methyl sites for hydroxylation is 2. The number of halogens is 2. The summed E-state index contributed by atoms with van der Waals surface area (Å²) in [6.07, 6.45) is 0.148. The zero-order valence-electron chi connectivity index (χ0n) is 21.7. The van der Waals surface area contributed by atoms with Crippen molar-refractivity contribution in [2.45, 2.75) is 65.1 Å². The third-order valence-electron chi connectivity index (χ3n) is 5.63. The monoisotopic (exact) mass is 533 g/mol. The van der Waals surface area contributed by atoms with E-state index in [0.29, 0.717) is 18.5 Å². The van der Waals surface area contributed by atoms with E-state index in [0.717, 1.165) is 17.2 Å². The average Bonchev–Trinajstić information content (AvgIpc) is 2.78. The van der Waals surface area contributed by atoms with E-state index in [1.807, 2.05) is 32.0 Å². The molecule has 1 saturated heterocycles. The summed E-state index contributed by atoms with van der Waals surface area (Å²) in [6.45, 7) is 8.86. The van der Waals surface area contributed by atoms with Crippen molar-refractivity contribution in [2.24, 2.45) is 0 Å². The molecule has 2 unspecified atom stereocenters. The second kappa shape index (κ2) is 11.8. The number of carbonyl (C=O) groups excluding carboxylic acids is 3. The molecule has 2 N–H and O–H groups in total. The van der Waals surface area contributed by atoms with Gasteiger partial charge in [-0.2, -0.15) is 0 Å². The topological polar surface area (TPSA) is 97.0 Å². The van der Waals surface area contributed by atoms with Crippen LogP contribution in [-0.4, -0.2) is 53.6 Å². The SMILES string of the molecule is Cc1cc(C)cc(NC(=O)C2CCC(NC(=O)COc3ccc(Cl)c(F)c3)CN2C(=O)OC(C)(C)C)c1. The van der Waals surface area contributed by atoms with Crippen LogP contribution in [0.1, 0.15) is 44.7 Å². The first kappa shape index (κ1) is 28.2. The van der Waals surface area contributed by atoms with E-state index in [9.17, 15) is 18.8 Å². The Bertz CT molecular complexity index is 1150. The highest BCUT2D eigenvalue weighted by Crippen LogP contribution is 2.24. The molecule has 1 fully saturated rings. The summed E-state index contributed by atoms with van der Waals surface area (Å²) in [6, 6.07) is 8.44. The van der Waals surface area contributed by atoms with E-state index >= 15 is 0 Å². The summed E-state index contributed by atoms with van der Waals surface area (Å²) >= 11 is 5.66. The largest absolute Gasteiger partial charge is 0.484 e. The Labute approximate surface area is 221 Å². The summed E-state index contributed by atoms with van der Waals surface area (Å²) in [4.78, 5) is 40.1. The lowest BCUT2D eigenvalue weighted by molar-refractivity contribution is -0.125. The van der Waals surface area contributed by atoms with Gasteiger partial charge in [-0.3, -0.25) is 14.5 Å². The van der Waals surface area contributed by atoms with Crippen molar-refractivity contribution >= 4 is 35.2 Å². The standard InChI is InChI=1S/C27H33ClFN3O5/c1-16-10-17(2)12-19(11-16)31-25(34)23-9-6-18(14-32(23)26(35)37-27(3,4)5)30-24(33)15-36-20-7-8-21(28)22(29)13-20/h7-8,10-13,18,23H,6,9,14-15H2,1-5H3,(H,30,33)(H,31,34). The smallest absolute Gasteiger partial charge is 0.411 e. The highest BCUT2D eigenvalue weighted by Gasteiger charge is 2.38. The second-order valence-corrected chi connectivity index (χ2v) is 10.6. The molecule has 0 bridgehead atoms. The number of hydrogen-bond acceptors (Lipinski definition) is 5. The minimum atomic E-state index is -0.767. The van der Waals surface area contributed by atoms with Crippen molar-refractivity contribution in [2.75, 3.05) is 18.5 Å². The van der Waals surface area contributed by atoms with E-state index in [1.54, 1.807) is 20.8 Å². The lowest BCUT2D eigenvalue weighted by Crippen LogP contribution is -2.58. The fourth-order valence-corrected chi connectivity index (χ4v) is 4.26. The van der Waals surface area contributed by atoms with Crippen LogP contribution >= 0.6 is 11.6 Å². The van der Waals surface area contributed by atoms with Gasteiger partial charge in [0, 0.05) is 24.3 Å². The first-order valence-electron chi connectivity index (χ1n) is 12.1. The highest BCUT2D eigenvalue weighted by molar-refractivity contribution is 6.30. The zero-order chi connectivity index (χ0) is 27.3. The molecule has 0 aromatic heterocycles. The molecule has 37 heavy (non-hydrogen) atoms. The maximum atomic E-state index is 13.6. The van der Waals surface area contributed by atoms with Gasteiger partial charge in [-0.15, -0.1) is 0 Å². The number of hydrogen-bond donors (Lipinski definition) is 2. The van der Waals surface area contributed by atoms with E-state index < -0.39 is 35.5 Å². The predicted octanol–water partition coefficient (Wildman–Crippen LogP) is 5.00. The Morgan fingerprint density at radius 1 is 1.08 bits per heavy atom. The van der Waals surface area contributed by atoms with Crippen LogP contribution in [-0.2, 0) is 14.3 Å². The van der Waals surface area contributed by atoms with Crippen molar-refractivity contribution in [1.82, 2.24) is 10.2 Å². The van der Waals surface area contributed by atoms with Crippen molar-refractivity contribution in [3.63, 3.8) is 0 Å². The first-order chi connectivity index (χ1) is 17.3. The van der Waals surface area contributed by atoms with Crippen LogP contribution in [0.5, 0.6) is 5.75 Å². The fourth-order valence-electron chi connectivity index (χ4n) is 4.14. The minimum Gasteiger partial charge on any atom is -0.484 e. The Hall–Kier alpha value is -3.33. The van der Waals surface area contributed by atoms with Gasteiger partial charge >= 0.3 is 6.09 Å². The molecule has 200 valence electrons. The number of likely N-dealkylation sites (tertiary alicyclic amines) is 1. The maximum absolute atomic E-state index is 13.6. The van der Waals surface area contributed by atoms with Crippen LogP contribution in [0.3, 0.4) is 0 Å². The number of anilines is 1. The number of carbonyl (C=O) groups is 3. The van der Waals surface area contributed by atoms with Gasteiger partial charge < -0.3 is 20.1 Å². The van der Waals surface area contributed by atoms with E-state index in [1.165, 1.54) is 17.0 Å². The van der Waals surface area contributed by atoms with E-state index in [2.05, 4.69) is 10.6 Å². The highest BCUT2D eigenvalue weighted by atomic mass is 35.5. The molecule has 1 aliphatic heterocycles. The molecule has 2 aromatic rings. The molecule has 10 heteroatoms. The Kier molecular flexibility index (Phi) is 9.02. The Balaban J connectivity index is 1.66. The second-order valence-electron chi connectivity index (χ2n) is 10.2. The number of rotatable bonds is 6. The molecule has 3 amide bonds. The molecule has 3 rings (SSSR count). The normalized spacial score (nSPS) is 17.6. The minimum absolute atomic E-state index is 0.0441. The summed E-state index contributed by atoms with van der Waals surface area (Å²) in [7, 11) is 0. The van der Waals surface area contributed by atoms with Crippen LogP contribution in [0.4, 0.5) is 14.9 Å². The maximum Gasteiger partial charge on any atom is 0.411 e. The van der Waals surface area contributed by atoms with Gasteiger partial charge in [0.1, 0.15) is 23.2 Å². The lowest BCUT2D eigenvalue weighted by atomic mass is 9.97. The molecule has 1 aliphatic rings. The van der Waals surface area contributed by atoms with Crippen molar-refractivity contribution in [1.29, 1.82) is 0 Å². The number of ether oxygens (including phenoxy) is 2. The van der Waals surface area contributed by atoms with Crippen LogP contribution in [0.25, 0.3) is 0 Å². The predicted molar refractivity (Wildman–Crippen MR) is 139 cm³/mol. The summed E-state index contributed by atoms with van der Waals surface area (Å²) < 4.78 is 24.5. The Morgan fingerprint density at radius 2 is 1.76 bits per heavy atom. The third kappa shape index (κ3) is 8.35. The van der Waals surface area contributed by atoms with Gasteiger partial charge in [-0.05, 0) is 82.9 Å². The quantitative estimate of drug-likeness (QED) is 0.545. The number of nitrogens with zero attached hydrogens (tertiary/aromatic N) is 1. The fraction of sp³-hybridized carbons (Fsp3) is 0.444. The molecule has 2 atom stereocenters. The summed E-state index contributed by atoms with van der Waals surface area (Å²) in [5.41, 5.74) is 1.91. The average molecular weight is 534 g/mol. The molecule has 1 heterocycles. The molecular weight excluding hydrogens is 501 g/mol. The number of amides is 3. The molecule has 0 aliphatic carbocycles. The summed E-state index contributed by atoms with van der Waals surface area (Å²) in [5.74, 6) is -1.25. The first-order valence-corrected chi connectivity index (χ1v) is 12.4. The molecule has 0 spiro atoms. The lowest BCUT2D eigenvalue weighted by Gasteiger charge is -2.39. The summed E-state index contributed by atoms with van der Waals surface area (Å²) in [5, 5.41) is 5.69. The zero-order valence-corrected chi connectivity index (χ0v) is 22.4. The van der Waals surface area contributed by atoms with Crippen LogP contribution in [0, 0.1) is 19.7 Å². The van der Waals surface area contributed by atoms with Gasteiger partial charge in [-0.1, -0.05) is 17.7 Å². The molecular formula is C27H33ClFN3O5. The Morgan fingerprint density at radius 3 is 2.38 bits per heavy atom. The van der Waals surface area contributed by atoms with Crippen molar-refractivity contribution in [3.05, 3.63) is 58.4 Å². The molecule has 2 aromatic carbocycles. The van der Waals surface area contributed by atoms with Gasteiger partial charge in [0.2, 0.25) is 5.91 Å². The van der Waals surface area contributed by atoms with Crippen molar-refractivity contribution in [3.8, 4) is 5.75 Å². The van der Waals surface area contributed by atoms with Gasteiger partial charge in [0.05, 0.1) is 5.02 Å². The van der Waals surface area contributed by atoms with Crippen LogP contribution in [0.15, 0.2) is 36.4 Å². The molecule has 0 saturated carbocycles. The van der Waals surface area contributed by atoms with Gasteiger partial charge in [-0.25, -0.2) is 9.18 Å². The number of benzene rings is 2. The van der Waals surface area contributed by atoms with Crippen LogP contribution < -0.4 is 15.4 Å². The number of piperidine rings is 1. The van der Waals surface area contributed by atoms with Crippen molar-refractivity contribution < 1.29 is 28.2 Å². The number of nitrogens with one attached hydrogen (secondary N) is 2. The third-order valence-corrected chi connectivity index (χ3v) is 5.93. The van der Waals surface area contributed by atoms with E-state index in [-0.39, 0.29) is 29.8 Å². The molecule has 8 nitrogen and oxygen atoms in total. The van der Waals surface area contributed by atoms with Gasteiger partial charge in [0.15, 0.2) is 6.61 Å². The molecule has 0 radical (unpaired) electrons.